The van der Waals surface area contributed by atoms with Crippen molar-refractivity contribution in [1.82, 2.24) is 0 Å². The lowest BCUT2D eigenvalue weighted by Crippen LogP contribution is -2.13. The normalized spacial score (nSPS) is 11.4. The number of anilines is 2. The van der Waals surface area contributed by atoms with Crippen LogP contribution in [0.4, 0.5) is 11.4 Å². The lowest BCUT2D eigenvalue weighted by atomic mass is 10.2. The lowest BCUT2D eigenvalue weighted by Gasteiger charge is -2.12. The van der Waals surface area contributed by atoms with E-state index >= 15 is 0 Å². The van der Waals surface area contributed by atoms with Gasteiger partial charge in [0.05, 0.1) is 20.6 Å². The first kappa shape index (κ1) is 16.4. The van der Waals surface area contributed by atoms with Gasteiger partial charge in [0.1, 0.15) is 0 Å². The van der Waals surface area contributed by atoms with Gasteiger partial charge in [-0.3, -0.25) is 4.72 Å². The second kappa shape index (κ2) is 6.04. The second-order valence-electron chi connectivity index (χ2n) is 4.35. The number of nitrogens with two attached hydrogens (primary N) is 1. The quantitative estimate of drug-likeness (QED) is 0.581. The van der Waals surface area contributed by atoms with Gasteiger partial charge in [0.25, 0.3) is 10.0 Å². The maximum absolute atomic E-state index is 12.3. The summed E-state index contributed by atoms with van der Waals surface area (Å²) >= 11 is 15.2. The summed E-state index contributed by atoms with van der Waals surface area (Å²) in [5.41, 5.74) is 7.14. The number of sulfonamides is 1. The summed E-state index contributed by atoms with van der Waals surface area (Å²) < 4.78 is 27.6. The highest BCUT2D eigenvalue weighted by Crippen LogP contribution is 2.36. The molecule has 2 aromatic rings. The predicted octanol–water partition coefficient (Wildman–Crippen LogP) is 4.45. The van der Waals surface area contributed by atoms with Gasteiger partial charge in [-0.1, -0.05) is 29.3 Å². The van der Waals surface area contributed by atoms with Crippen LogP contribution >= 0.6 is 39.1 Å². The van der Waals surface area contributed by atoms with Crippen molar-refractivity contribution in [3.05, 3.63) is 50.4 Å². The number of hydrogen-bond acceptors (Lipinski definition) is 3. The molecular formula is C13H11BrCl2N2O2S. The molecule has 0 aliphatic rings. The summed E-state index contributed by atoms with van der Waals surface area (Å²) in [5, 5.41) is 0.356. The van der Waals surface area contributed by atoms with Gasteiger partial charge in [-0.05, 0) is 52.7 Å². The average molecular weight is 410 g/mol. The van der Waals surface area contributed by atoms with Gasteiger partial charge in [-0.25, -0.2) is 8.42 Å². The van der Waals surface area contributed by atoms with Gasteiger partial charge in [0.2, 0.25) is 0 Å². The van der Waals surface area contributed by atoms with Crippen LogP contribution < -0.4 is 10.5 Å². The minimum absolute atomic E-state index is 0.0562. The Morgan fingerprint density at radius 1 is 1.14 bits per heavy atom. The van der Waals surface area contributed by atoms with Crippen LogP contribution in [0, 0.1) is 6.92 Å². The van der Waals surface area contributed by atoms with E-state index in [0.29, 0.717) is 10.2 Å². The van der Waals surface area contributed by atoms with Crippen molar-refractivity contribution in [2.24, 2.45) is 0 Å². The fourth-order valence-corrected chi connectivity index (χ4v) is 3.58. The number of aryl methyl sites for hydroxylation is 1. The Morgan fingerprint density at radius 3 is 2.43 bits per heavy atom. The Hall–Kier alpha value is -0.950. The first-order valence-corrected chi connectivity index (χ1v) is 8.78. The van der Waals surface area contributed by atoms with E-state index in [0.717, 1.165) is 5.56 Å². The highest BCUT2D eigenvalue weighted by Gasteiger charge is 2.18. The van der Waals surface area contributed by atoms with E-state index in [-0.39, 0.29) is 20.6 Å². The molecule has 0 aliphatic carbocycles. The molecule has 0 fully saturated rings. The molecule has 4 nitrogen and oxygen atoms in total. The third kappa shape index (κ3) is 3.45. The second-order valence-corrected chi connectivity index (χ2v) is 7.64. The molecular weight excluding hydrogens is 399 g/mol. The van der Waals surface area contributed by atoms with Crippen LogP contribution in [0.15, 0.2) is 39.7 Å². The fourth-order valence-electron chi connectivity index (χ4n) is 1.59. The molecule has 0 saturated heterocycles. The van der Waals surface area contributed by atoms with Crippen molar-refractivity contribution < 1.29 is 8.42 Å². The molecule has 0 aliphatic heterocycles. The first-order chi connectivity index (χ1) is 9.72. The van der Waals surface area contributed by atoms with Crippen LogP contribution in [0.5, 0.6) is 0 Å². The summed E-state index contributed by atoms with van der Waals surface area (Å²) in [6.07, 6.45) is 0. The van der Waals surface area contributed by atoms with E-state index in [1.165, 1.54) is 18.2 Å². The van der Waals surface area contributed by atoms with Gasteiger partial charge in [0, 0.05) is 10.2 Å². The molecule has 0 saturated carbocycles. The Bertz CT molecular complexity index is 810. The standard InChI is InChI=1S/C13H11BrCl2N2O2S/c1-7-2-3-8(6-10(7)17)21(19,20)18-11-5-4-9(14)12(15)13(11)16/h2-6,18H,17H2,1H3. The average Bonchev–Trinajstić information content (AvgIpc) is 2.42. The Kier molecular flexibility index (Phi) is 4.72. The summed E-state index contributed by atoms with van der Waals surface area (Å²) in [6.45, 7) is 1.80. The Balaban J connectivity index is 2.42. The largest absolute Gasteiger partial charge is 0.398 e. The highest BCUT2D eigenvalue weighted by atomic mass is 79.9. The zero-order chi connectivity index (χ0) is 15.8. The van der Waals surface area contributed by atoms with Gasteiger partial charge in [-0.15, -0.1) is 0 Å². The van der Waals surface area contributed by atoms with E-state index < -0.39 is 10.0 Å². The molecule has 0 aromatic heterocycles. The SMILES string of the molecule is Cc1ccc(S(=O)(=O)Nc2ccc(Br)c(Cl)c2Cl)cc1N. The predicted molar refractivity (Wildman–Crippen MR) is 90.6 cm³/mol. The molecule has 0 radical (unpaired) electrons. The van der Waals surface area contributed by atoms with Crippen LogP contribution in [0.25, 0.3) is 0 Å². The van der Waals surface area contributed by atoms with Crippen molar-refractivity contribution in [2.45, 2.75) is 11.8 Å². The first-order valence-electron chi connectivity index (χ1n) is 5.75. The van der Waals surface area contributed by atoms with Crippen molar-refractivity contribution in [1.29, 1.82) is 0 Å². The molecule has 0 atom stereocenters. The summed E-state index contributed by atoms with van der Waals surface area (Å²) in [4.78, 5) is 0.0562. The third-order valence-corrected chi connectivity index (χ3v) is 5.97. The number of nitrogen functional groups attached to an aromatic ring is 1. The number of halogens is 3. The van der Waals surface area contributed by atoms with Crippen molar-refractivity contribution in [2.75, 3.05) is 10.5 Å². The summed E-state index contributed by atoms with van der Waals surface area (Å²) in [6, 6.07) is 7.64. The Morgan fingerprint density at radius 2 is 1.81 bits per heavy atom. The van der Waals surface area contributed by atoms with Gasteiger partial charge in [0.15, 0.2) is 0 Å². The maximum atomic E-state index is 12.3. The molecule has 8 heteroatoms. The van der Waals surface area contributed by atoms with Crippen LogP contribution in [-0.2, 0) is 10.0 Å². The minimum atomic E-state index is -3.79. The van der Waals surface area contributed by atoms with Crippen LogP contribution in [0.3, 0.4) is 0 Å². The zero-order valence-electron chi connectivity index (χ0n) is 10.8. The van der Waals surface area contributed by atoms with Gasteiger partial charge in [-0.2, -0.15) is 0 Å². The van der Waals surface area contributed by atoms with E-state index in [4.69, 9.17) is 28.9 Å². The molecule has 0 spiro atoms. The van der Waals surface area contributed by atoms with E-state index in [2.05, 4.69) is 20.7 Å². The maximum Gasteiger partial charge on any atom is 0.262 e. The zero-order valence-corrected chi connectivity index (χ0v) is 14.7. The molecule has 3 N–H and O–H groups in total. The summed E-state index contributed by atoms with van der Waals surface area (Å²) in [7, 11) is -3.79. The third-order valence-electron chi connectivity index (χ3n) is 2.84. The van der Waals surface area contributed by atoms with Gasteiger partial charge < -0.3 is 5.73 Å². The molecule has 0 amide bonds. The lowest BCUT2D eigenvalue weighted by molar-refractivity contribution is 0.601. The fraction of sp³-hybridized carbons (Fsp3) is 0.0769. The molecule has 0 unspecified atom stereocenters. The number of hydrogen-bond donors (Lipinski definition) is 2. The van der Waals surface area contributed by atoms with E-state index in [1.54, 1.807) is 19.1 Å². The molecule has 2 rings (SSSR count). The van der Waals surface area contributed by atoms with Gasteiger partial charge >= 0.3 is 0 Å². The van der Waals surface area contributed by atoms with Crippen LogP contribution in [0.2, 0.25) is 10.0 Å². The molecule has 112 valence electrons. The van der Waals surface area contributed by atoms with Crippen LogP contribution in [0.1, 0.15) is 5.56 Å². The molecule has 0 heterocycles. The van der Waals surface area contributed by atoms with Crippen LogP contribution in [-0.4, -0.2) is 8.42 Å². The monoisotopic (exact) mass is 408 g/mol. The smallest absolute Gasteiger partial charge is 0.262 e. The minimum Gasteiger partial charge on any atom is -0.398 e. The van der Waals surface area contributed by atoms with Crippen molar-refractivity contribution in [3.63, 3.8) is 0 Å². The number of benzene rings is 2. The van der Waals surface area contributed by atoms with Crippen molar-refractivity contribution >= 4 is 60.5 Å². The van der Waals surface area contributed by atoms with E-state index in [9.17, 15) is 8.42 Å². The molecule has 2 aromatic carbocycles. The highest BCUT2D eigenvalue weighted by molar-refractivity contribution is 9.10. The van der Waals surface area contributed by atoms with E-state index in [1.807, 2.05) is 0 Å². The topological polar surface area (TPSA) is 72.2 Å². The Labute approximate surface area is 141 Å². The molecule has 0 bridgehead atoms. The van der Waals surface area contributed by atoms with Crippen molar-refractivity contribution in [3.8, 4) is 0 Å². The number of rotatable bonds is 3. The summed E-state index contributed by atoms with van der Waals surface area (Å²) in [5.74, 6) is 0. The number of nitrogens with one attached hydrogen (secondary N) is 1. The molecule has 21 heavy (non-hydrogen) atoms.